The molecule has 9 heterocycles. The number of rotatable bonds is 18. The molecule has 5 atom stereocenters. The van der Waals surface area contributed by atoms with Crippen LogP contribution in [-0.4, -0.2) is 161 Å². The predicted octanol–water partition coefficient (Wildman–Crippen LogP) is 12.3. The average Bonchev–Trinajstić information content (AvgIpc) is 1.63. The number of carbonyl (C=O) groups is 6. The Morgan fingerprint density at radius 2 is 0.838 bits per heavy atom. The summed E-state index contributed by atoms with van der Waals surface area (Å²) in [6.45, 7) is 29.2. The second-order valence-electron chi connectivity index (χ2n) is 27.4. The van der Waals surface area contributed by atoms with E-state index in [2.05, 4.69) is 72.5 Å². The van der Waals surface area contributed by atoms with Crippen molar-refractivity contribution in [1.29, 1.82) is 0 Å². The van der Waals surface area contributed by atoms with Crippen LogP contribution < -0.4 is 14.2 Å². The second-order valence-corrected chi connectivity index (χ2v) is 30.3. The lowest BCUT2D eigenvalue weighted by Gasteiger charge is -2.38. The van der Waals surface area contributed by atoms with Crippen LogP contribution in [0.25, 0.3) is 0 Å². The summed E-state index contributed by atoms with van der Waals surface area (Å²) >= 11 is 4.59. The van der Waals surface area contributed by atoms with Crippen LogP contribution in [0.1, 0.15) is 151 Å². The number of ether oxygens (including phenoxy) is 6. The molecule has 3 amide bonds. The molecule has 0 N–H and O–H groups in total. The molecule has 9 aliphatic rings. The number of nitrogens with zero attached hydrogens (tertiary/aromatic N) is 6. The van der Waals surface area contributed by atoms with E-state index < -0.39 is 0 Å². The molecule has 0 spiro atoms. The molecular weight excluding hydrogens is 1320 g/mol. The smallest absolute Gasteiger partial charge is 0.255 e. The van der Waals surface area contributed by atoms with Crippen LogP contribution in [0.4, 0.5) is 4.39 Å². The quantitative estimate of drug-likeness (QED) is 0.0742. The number of fused-ring (bicyclic) bond motifs is 3. The van der Waals surface area contributed by atoms with Gasteiger partial charge in [-0.3, -0.25) is 43.5 Å². The van der Waals surface area contributed by atoms with Crippen molar-refractivity contribution in [1.82, 2.24) is 29.4 Å². The monoisotopic (exact) mass is 1400 g/mol. The van der Waals surface area contributed by atoms with E-state index in [1.165, 1.54) is 28.5 Å². The van der Waals surface area contributed by atoms with E-state index in [-0.39, 0.29) is 65.6 Å². The van der Waals surface area contributed by atoms with Crippen molar-refractivity contribution in [2.24, 2.45) is 0 Å². The van der Waals surface area contributed by atoms with Gasteiger partial charge in [-0.15, -0.1) is 34.0 Å². The first-order valence-electron chi connectivity index (χ1n) is 34.6. The molecule has 0 bridgehead atoms. The van der Waals surface area contributed by atoms with Crippen LogP contribution in [-0.2, 0) is 87.7 Å². The summed E-state index contributed by atoms with van der Waals surface area (Å²) in [5, 5.41) is 5.67. The molecule has 2 unspecified atom stereocenters. The minimum Gasteiger partial charge on any atom is -0.488 e. The Morgan fingerprint density at radius 3 is 1.22 bits per heavy atom. The molecule has 3 aromatic heterocycles. The van der Waals surface area contributed by atoms with Crippen LogP contribution >= 0.6 is 34.0 Å². The SMILES string of the molecule is C=C1CC[C@H](N2Cc3c(csc3COc3ccc(CN4C(C)COCC4C)cc3)C2=O)C(=O)C1.C=C1CC[C@H](N2Cc3c(csc3COc3ccc(CN4CCOCC4)c(F)c3)C2=O)C(=O)C1.C=C1CC[C@H](N2Cc3c(csc3COc3ccc(CN4CCOCC4)cc3)C2=O)C(=O)C1. The molecule has 6 aliphatic heterocycles. The fraction of sp³-hybridized carbons (Fsp3) is 0.455. The summed E-state index contributed by atoms with van der Waals surface area (Å²) in [6.07, 6.45) is 5.51. The topological polar surface area (TPSA) is 177 Å². The largest absolute Gasteiger partial charge is 0.488 e. The van der Waals surface area contributed by atoms with Crippen molar-refractivity contribution < 1.29 is 61.6 Å². The molecule has 6 fully saturated rings. The Balaban J connectivity index is 0.000000133. The second kappa shape index (κ2) is 31.6. The van der Waals surface area contributed by atoms with Gasteiger partial charge in [0.05, 0.1) is 74.5 Å². The summed E-state index contributed by atoms with van der Waals surface area (Å²) in [5.41, 5.74) is 11.1. The summed E-state index contributed by atoms with van der Waals surface area (Å²) in [5.74, 6) is 1.96. The fourth-order valence-corrected chi connectivity index (χ4v) is 17.5. The molecule has 99 heavy (non-hydrogen) atoms. The van der Waals surface area contributed by atoms with Crippen LogP contribution in [0.5, 0.6) is 17.2 Å². The highest BCUT2D eigenvalue weighted by Gasteiger charge is 2.43. The molecule has 3 saturated carbocycles. The van der Waals surface area contributed by atoms with Crippen molar-refractivity contribution in [3.05, 3.63) is 190 Å². The van der Waals surface area contributed by atoms with E-state index in [4.69, 9.17) is 28.4 Å². The van der Waals surface area contributed by atoms with E-state index in [1.54, 1.807) is 49.5 Å². The molecule has 3 aromatic carbocycles. The zero-order valence-electron chi connectivity index (χ0n) is 56.6. The highest BCUT2D eigenvalue weighted by molar-refractivity contribution is 7.11. The zero-order chi connectivity index (χ0) is 68.8. The van der Waals surface area contributed by atoms with Crippen molar-refractivity contribution in [2.75, 3.05) is 65.8 Å². The Bertz CT molecular complexity index is 4010. The van der Waals surface area contributed by atoms with Crippen LogP contribution in [0.15, 0.2) is 119 Å². The Kier molecular flexibility index (Phi) is 22.3. The number of amides is 3. The molecule has 22 heteroatoms. The summed E-state index contributed by atoms with van der Waals surface area (Å²) in [6, 6.07) is 21.3. The maximum absolute atomic E-state index is 14.6. The average molecular weight is 1400 g/mol. The minimum atomic E-state index is -0.373. The van der Waals surface area contributed by atoms with Crippen LogP contribution in [0, 0.1) is 5.82 Å². The molecule has 522 valence electrons. The van der Waals surface area contributed by atoms with Crippen molar-refractivity contribution in [3.8, 4) is 17.2 Å². The maximum Gasteiger partial charge on any atom is 0.255 e. The third kappa shape index (κ3) is 16.3. The van der Waals surface area contributed by atoms with Gasteiger partial charge in [0.2, 0.25) is 0 Å². The van der Waals surface area contributed by atoms with Gasteiger partial charge in [-0.05, 0) is 93.8 Å². The lowest BCUT2D eigenvalue weighted by molar-refractivity contribution is -0.124. The third-order valence-corrected chi connectivity index (χ3v) is 23.4. The highest BCUT2D eigenvalue weighted by atomic mass is 32.1. The number of carbonyl (C=O) groups excluding carboxylic acids is 6. The Labute approximate surface area is 590 Å². The van der Waals surface area contributed by atoms with Crippen LogP contribution in [0.3, 0.4) is 0 Å². The zero-order valence-corrected chi connectivity index (χ0v) is 59.0. The maximum atomic E-state index is 14.6. The number of benzene rings is 3. The minimum absolute atomic E-state index is 0.0270. The summed E-state index contributed by atoms with van der Waals surface area (Å²) in [7, 11) is 0. The van der Waals surface area contributed by atoms with Gasteiger partial charge in [0.15, 0.2) is 17.3 Å². The summed E-state index contributed by atoms with van der Waals surface area (Å²) < 4.78 is 49.0. The van der Waals surface area contributed by atoms with Gasteiger partial charge in [0, 0.05) is 156 Å². The number of ketones is 3. The number of morpholine rings is 3. The molecule has 0 radical (unpaired) electrons. The number of thiophene rings is 3. The van der Waals surface area contributed by atoms with Gasteiger partial charge < -0.3 is 43.1 Å². The first-order valence-corrected chi connectivity index (χ1v) is 37.2. The predicted molar refractivity (Wildman–Crippen MR) is 378 cm³/mol. The molecule has 3 aliphatic carbocycles. The first-order chi connectivity index (χ1) is 48.0. The normalized spacial score (nSPS) is 23.0. The summed E-state index contributed by atoms with van der Waals surface area (Å²) in [4.78, 5) is 91.5. The van der Waals surface area contributed by atoms with Gasteiger partial charge in [0.1, 0.15) is 42.9 Å². The number of Topliss-reactive ketones (excluding diaryl/α,β-unsaturated/α-hetero) is 3. The lowest BCUT2D eigenvalue weighted by atomic mass is 9.89. The van der Waals surface area contributed by atoms with Crippen molar-refractivity contribution >= 4 is 69.1 Å². The van der Waals surface area contributed by atoms with Crippen molar-refractivity contribution in [2.45, 2.75) is 161 Å². The fourth-order valence-electron chi connectivity index (χ4n) is 14.6. The van der Waals surface area contributed by atoms with Gasteiger partial charge >= 0.3 is 0 Å². The van der Waals surface area contributed by atoms with Gasteiger partial charge in [-0.2, -0.15) is 0 Å². The first kappa shape index (κ1) is 69.9. The molecule has 3 saturated heterocycles. The molecule has 6 aromatic rings. The van der Waals surface area contributed by atoms with E-state index in [9.17, 15) is 33.2 Å². The lowest BCUT2D eigenvalue weighted by Crippen LogP contribution is -2.48. The van der Waals surface area contributed by atoms with E-state index in [0.717, 1.165) is 156 Å². The number of hydrogen-bond acceptors (Lipinski definition) is 18. The molecular formula is C77H87FN6O12S3. The van der Waals surface area contributed by atoms with Gasteiger partial charge in [0.25, 0.3) is 17.7 Å². The number of halogens is 1. The third-order valence-electron chi connectivity index (χ3n) is 20.4. The molecule has 15 rings (SSSR count). The van der Waals surface area contributed by atoms with E-state index in [0.29, 0.717) is 120 Å². The van der Waals surface area contributed by atoms with Gasteiger partial charge in [-0.1, -0.05) is 66.8 Å². The highest BCUT2D eigenvalue weighted by Crippen LogP contribution is 2.40. The van der Waals surface area contributed by atoms with E-state index >= 15 is 0 Å². The standard InChI is InChI=1S/C27H32N2O4S.C25H27FN2O4S.C25H28N2O4S/c1-17-4-9-24(25(30)10-17)29-12-22-23(27(29)31)16-34-26(22)15-33-21-7-5-20(6-8-21)11-28-18(2)13-32-14-19(28)3;1-16-2-5-22(23(29)10-16)28-13-19-20(25(28)30)15-33-24(19)14-32-18-4-3-17(21(26)11-18)12-27-6-8-31-9-7-27;1-17-2-7-22(23(28)12-17)27-14-20-21(25(27)29)16-32-24(20)15-31-19-5-3-18(4-6-19)13-26-8-10-30-11-9-26/h5-8,16,18-19,24H,1,4,9-15H2,2-3H3;3-4,11,15,22H,1-2,5-10,12-14H2;3-6,16,22H,1-2,7-15H2/t18?,19?,24-;2*22-/m000/s1. The van der Waals surface area contributed by atoms with Crippen LogP contribution in [0.2, 0.25) is 0 Å². The van der Waals surface area contributed by atoms with E-state index in [1.807, 2.05) is 40.4 Å². The Hall–Kier alpha value is -7.51. The number of hydrogen-bond donors (Lipinski definition) is 0. The van der Waals surface area contributed by atoms with Gasteiger partial charge in [-0.25, -0.2) is 4.39 Å². The number of allylic oxidation sites excluding steroid dienone is 3. The molecule has 18 nitrogen and oxygen atoms in total. The Morgan fingerprint density at radius 1 is 0.475 bits per heavy atom. The van der Waals surface area contributed by atoms with Crippen molar-refractivity contribution in [3.63, 3.8) is 0 Å².